The van der Waals surface area contributed by atoms with Crippen molar-refractivity contribution in [3.63, 3.8) is 0 Å². The van der Waals surface area contributed by atoms with E-state index >= 15 is 0 Å². The molecule has 16 heavy (non-hydrogen) atoms. The molecule has 88 valence electrons. The first kappa shape index (κ1) is 12.8. The maximum absolute atomic E-state index is 13.0. The Morgan fingerprint density at radius 2 is 2.06 bits per heavy atom. The molecule has 0 aliphatic carbocycles. The van der Waals surface area contributed by atoms with E-state index in [2.05, 4.69) is 0 Å². The number of hydrogen-bond donors (Lipinski definition) is 0. The first-order chi connectivity index (χ1) is 7.60. The van der Waals surface area contributed by atoms with Crippen molar-refractivity contribution in [2.24, 2.45) is 0 Å². The first-order valence-electron chi connectivity index (χ1n) is 5.10. The zero-order chi connectivity index (χ0) is 12.1. The molecular weight excluding hydrogens is 214 g/mol. The molecule has 4 heteroatoms. The van der Waals surface area contributed by atoms with Gasteiger partial charge in [-0.2, -0.15) is 0 Å². The van der Waals surface area contributed by atoms with Crippen LogP contribution in [-0.4, -0.2) is 12.9 Å². The van der Waals surface area contributed by atoms with Gasteiger partial charge in [-0.05, 0) is 24.1 Å². The molecule has 1 rings (SSSR count). The van der Waals surface area contributed by atoms with Crippen molar-refractivity contribution in [1.82, 2.24) is 0 Å². The molecule has 0 saturated heterocycles. The third kappa shape index (κ3) is 2.85. The molecule has 0 fully saturated rings. The lowest BCUT2D eigenvalue weighted by Crippen LogP contribution is -2.14. The average Bonchev–Trinajstić information content (AvgIpc) is 2.25. The zero-order valence-corrected chi connectivity index (χ0v) is 9.30. The minimum atomic E-state index is -0.969. The Morgan fingerprint density at radius 1 is 1.38 bits per heavy atom. The fourth-order valence-corrected chi connectivity index (χ4v) is 1.51. The molecule has 0 heterocycles. The van der Waals surface area contributed by atoms with E-state index in [1.54, 1.807) is 0 Å². The molecule has 0 radical (unpaired) electrons. The highest BCUT2D eigenvalue weighted by atomic mass is 19.2. The molecule has 1 aromatic carbocycles. The van der Waals surface area contributed by atoms with E-state index in [-0.39, 0.29) is 5.78 Å². The molecule has 0 saturated carbocycles. The third-order valence-corrected chi connectivity index (χ3v) is 2.27. The summed E-state index contributed by atoms with van der Waals surface area (Å²) < 4.78 is 30.7. The average molecular weight is 228 g/mol. The Kier molecular flexibility index (Phi) is 4.55. The maximum atomic E-state index is 13.0. The van der Waals surface area contributed by atoms with Gasteiger partial charge in [0.05, 0.1) is 0 Å². The van der Waals surface area contributed by atoms with E-state index in [4.69, 9.17) is 4.74 Å². The van der Waals surface area contributed by atoms with Gasteiger partial charge in [-0.15, -0.1) is 0 Å². The summed E-state index contributed by atoms with van der Waals surface area (Å²) in [5.41, 5.74) is 0.347. The van der Waals surface area contributed by atoms with Gasteiger partial charge in [0.25, 0.3) is 0 Å². The second kappa shape index (κ2) is 5.70. The molecule has 0 bridgehead atoms. The predicted molar refractivity (Wildman–Crippen MR) is 56.0 cm³/mol. The lowest BCUT2D eigenvalue weighted by Gasteiger charge is -2.14. The molecule has 0 aromatic heterocycles. The molecule has 0 N–H and O–H groups in total. The lowest BCUT2D eigenvalue weighted by molar-refractivity contribution is -0.129. The Balaban J connectivity index is 2.95. The normalized spacial score (nSPS) is 12.5. The van der Waals surface area contributed by atoms with Crippen molar-refractivity contribution in [3.8, 4) is 0 Å². The van der Waals surface area contributed by atoms with Crippen LogP contribution in [0.2, 0.25) is 0 Å². The predicted octanol–water partition coefficient (Wildman–Crippen LogP) is 3.02. The van der Waals surface area contributed by atoms with E-state index in [9.17, 15) is 13.6 Å². The van der Waals surface area contributed by atoms with E-state index < -0.39 is 17.7 Å². The van der Waals surface area contributed by atoms with Gasteiger partial charge < -0.3 is 4.74 Å². The van der Waals surface area contributed by atoms with Crippen molar-refractivity contribution in [3.05, 3.63) is 35.4 Å². The van der Waals surface area contributed by atoms with Crippen molar-refractivity contribution < 1.29 is 18.3 Å². The smallest absolute Gasteiger partial charge is 0.166 e. The standard InChI is InChI=1S/C12H14F2O2/c1-3-4-11(15)12(16-2)8-5-6-9(13)10(14)7-8/h5-7,12H,3-4H2,1-2H3. The van der Waals surface area contributed by atoms with Gasteiger partial charge in [-0.1, -0.05) is 13.0 Å². The van der Waals surface area contributed by atoms with Crippen LogP contribution in [0.15, 0.2) is 18.2 Å². The van der Waals surface area contributed by atoms with Gasteiger partial charge in [0.15, 0.2) is 17.4 Å². The van der Waals surface area contributed by atoms with Gasteiger partial charge in [0.1, 0.15) is 6.10 Å². The van der Waals surface area contributed by atoms with Crippen LogP contribution in [0.3, 0.4) is 0 Å². The summed E-state index contributed by atoms with van der Waals surface area (Å²) in [5, 5.41) is 0. The molecule has 1 aromatic rings. The number of ether oxygens (including phenoxy) is 1. The number of ketones is 1. The van der Waals surface area contributed by atoms with Gasteiger partial charge in [-0.3, -0.25) is 4.79 Å². The Labute approximate surface area is 93.2 Å². The van der Waals surface area contributed by atoms with Crippen LogP contribution >= 0.6 is 0 Å². The third-order valence-electron chi connectivity index (χ3n) is 2.27. The van der Waals surface area contributed by atoms with Crippen LogP contribution in [0.25, 0.3) is 0 Å². The van der Waals surface area contributed by atoms with Gasteiger partial charge in [0.2, 0.25) is 0 Å². The summed E-state index contributed by atoms with van der Waals surface area (Å²) in [6, 6.07) is 3.35. The molecule has 0 aliphatic heterocycles. The van der Waals surface area contributed by atoms with Crippen molar-refractivity contribution >= 4 is 5.78 Å². The fourth-order valence-electron chi connectivity index (χ4n) is 1.51. The van der Waals surface area contributed by atoms with Crippen molar-refractivity contribution in [1.29, 1.82) is 0 Å². The Hall–Kier alpha value is -1.29. The molecule has 0 aliphatic rings. The fraction of sp³-hybridized carbons (Fsp3) is 0.417. The van der Waals surface area contributed by atoms with Crippen molar-refractivity contribution in [2.45, 2.75) is 25.9 Å². The maximum Gasteiger partial charge on any atom is 0.166 e. The number of rotatable bonds is 5. The second-order valence-corrected chi connectivity index (χ2v) is 3.51. The Bertz CT molecular complexity index is 377. The number of carbonyl (C=O) groups excluding carboxylic acids is 1. The van der Waals surface area contributed by atoms with Crippen LogP contribution in [0.5, 0.6) is 0 Å². The molecule has 0 amide bonds. The van der Waals surface area contributed by atoms with E-state index in [1.165, 1.54) is 13.2 Å². The molecule has 1 atom stereocenters. The SMILES string of the molecule is CCCC(=O)C(OC)c1ccc(F)c(F)c1. The second-order valence-electron chi connectivity index (χ2n) is 3.51. The summed E-state index contributed by atoms with van der Waals surface area (Å²) in [7, 11) is 1.37. The molecule has 2 nitrogen and oxygen atoms in total. The summed E-state index contributed by atoms with van der Waals surface area (Å²) >= 11 is 0. The lowest BCUT2D eigenvalue weighted by atomic mass is 10.0. The summed E-state index contributed by atoms with van der Waals surface area (Å²) in [4.78, 5) is 11.6. The number of carbonyl (C=O) groups is 1. The number of Topliss-reactive ketones (excluding diaryl/α,β-unsaturated/α-hetero) is 1. The summed E-state index contributed by atoms with van der Waals surface area (Å²) in [6.07, 6.45) is 0.245. The largest absolute Gasteiger partial charge is 0.369 e. The molecular formula is C12H14F2O2. The highest BCUT2D eigenvalue weighted by Crippen LogP contribution is 2.21. The summed E-state index contributed by atoms with van der Waals surface area (Å²) in [6.45, 7) is 1.87. The van der Waals surface area contributed by atoms with Crippen molar-refractivity contribution in [2.75, 3.05) is 7.11 Å². The van der Waals surface area contributed by atoms with E-state index in [1.807, 2.05) is 6.92 Å². The number of benzene rings is 1. The van der Waals surface area contributed by atoms with Gasteiger partial charge in [-0.25, -0.2) is 8.78 Å². The molecule has 1 unspecified atom stereocenters. The van der Waals surface area contributed by atoms with Crippen LogP contribution in [0.1, 0.15) is 31.4 Å². The zero-order valence-electron chi connectivity index (χ0n) is 9.30. The number of methoxy groups -OCH3 is 1. The quantitative estimate of drug-likeness (QED) is 0.774. The minimum absolute atomic E-state index is 0.129. The summed E-state index contributed by atoms with van der Waals surface area (Å²) in [5.74, 6) is -2.03. The monoisotopic (exact) mass is 228 g/mol. The molecule has 0 spiro atoms. The van der Waals surface area contributed by atoms with Crippen LogP contribution < -0.4 is 0 Å². The van der Waals surface area contributed by atoms with Crippen LogP contribution in [0, 0.1) is 11.6 Å². The van der Waals surface area contributed by atoms with Crippen LogP contribution in [-0.2, 0) is 9.53 Å². The van der Waals surface area contributed by atoms with Gasteiger partial charge in [0, 0.05) is 13.5 Å². The van der Waals surface area contributed by atoms with E-state index in [0.29, 0.717) is 18.4 Å². The first-order valence-corrected chi connectivity index (χ1v) is 5.10. The minimum Gasteiger partial charge on any atom is -0.369 e. The number of halogens is 2. The van der Waals surface area contributed by atoms with Gasteiger partial charge >= 0.3 is 0 Å². The topological polar surface area (TPSA) is 26.3 Å². The Morgan fingerprint density at radius 3 is 2.56 bits per heavy atom. The highest BCUT2D eigenvalue weighted by Gasteiger charge is 2.20. The highest BCUT2D eigenvalue weighted by molar-refractivity contribution is 5.84. The van der Waals surface area contributed by atoms with E-state index in [0.717, 1.165) is 12.1 Å². The number of hydrogen-bond acceptors (Lipinski definition) is 2. The van der Waals surface area contributed by atoms with Crippen LogP contribution in [0.4, 0.5) is 8.78 Å².